The highest BCUT2D eigenvalue weighted by atomic mass is 35.5. The normalized spacial score (nSPS) is 15.1. The van der Waals surface area contributed by atoms with Crippen LogP contribution < -0.4 is 0 Å². The van der Waals surface area contributed by atoms with Crippen LogP contribution in [-0.4, -0.2) is 14.8 Å². The average Bonchev–Trinajstić information content (AvgIpc) is 3.12. The molecule has 146 valence electrons. The van der Waals surface area contributed by atoms with E-state index in [1.807, 2.05) is 24.3 Å². The van der Waals surface area contributed by atoms with Crippen LogP contribution in [0.1, 0.15) is 43.7 Å². The Kier molecular flexibility index (Phi) is 6.24. The third kappa shape index (κ3) is 4.07. The van der Waals surface area contributed by atoms with E-state index in [4.69, 9.17) is 23.2 Å². The van der Waals surface area contributed by atoms with Crippen LogP contribution in [0, 0.1) is 5.82 Å². The number of aromatic nitrogens is 3. The fourth-order valence-electron chi connectivity index (χ4n) is 3.68. The molecule has 0 saturated heterocycles. The minimum absolute atomic E-state index is 0.280. The molecule has 3 nitrogen and oxygen atoms in total. The molecule has 0 aliphatic heterocycles. The molecular weight excluding hydrogens is 416 g/mol. The molecule has 0 bridgehead atoms. The minimum Gasteiger partial charge on any atom is -0.299 e. The van der Waals surface area contributed by atoms with Gasteiger partial charge in [-0.05, 0) is 42.7 Å². The average molecular weight is 436 g/mol. The van der Waals surface area contributed by atoms with Crippen LogP contribution in [0.3, 0.4) is 0 Å². The number of hydrogen-bond donors (Lipinski definition) is 0. The molecular formula is C21H20Cl2FN3S. The molecule has 1 aromatic heterocycles. The molecule has 1 fully saturated rings. The number of thioether (sulfide) groups is 1. The number of rotatable bonds is 5. The van der Waals surface area contributed by atoms with Gasteiger partial charge in [-0.25, -0.2) is 4.39 Å². The number of benzene rings is 2. The molecule has 1 saturated carbocycles. The van der Waals surface area contributed by atoms with Crippen LogP contribution in [-0.2, 0) is 5.75 Å². The molecule has 0 atom stereocenters. The summed E-state index contributed by atoms with van der Waals surface area (Å²) in [5.41, 5.74) is 1.37. The first-order valence-corrected chi connectivity index (χ1v) is 11.1. The van der Waals surface area contributed by atoms with Gasteiger partial charge in [-0.3, -0.25) is 4.57 Å². The summed E-state index contributed by atoms with van der Waals surface area (Å²) in [4.78, 5) is 0. The smallest absolute Gasteiger partial charge is 0.192 e. The summed E-state index contributed by atoms with van der Waals surface area (Å²) in [5, 5.41) is 10.8. The zero-order valence-corrected chi connectivity index (χ0v) is 17.6. The maximum Gasteiger partial charge on any atom is 0.192 e. The third-order valence-corrected chi connectivity index (χ3v) is 6.80. The topological polar surface area (TPSA) is 30.7 Å². The molecule has 0 unspecified atom stereocenters. The van der Waals surface area contributed by atoms with Crippen molar-refractivity contribution in [2.75, 3.05) is 0 Å². The largest absolute Gasteiger partial charge is 0.299 e. The fraction of sp³-hybridized carbons (Fsp3) is 0.333. The van der Waals surface area contributed by atoms with Crippen molar-refractivity contribution in [2.45, 2.75) is 49.1 Å². The van der Waals surface area contributed by atoms with Crippen molar-refractivity contribution in [3.8, 4) is 11.4 Å². The predicted molar refractivity (Wildman–Crippen MR) is 114 cm³/mol. The van der Waals surface area contributed by atoms with Crippen LogP contribution in [0.5, 0.6) is 0 Å². The van der Waals surface area contributed by atoms with Gasteiger partial charge in [-0.15, -0.1) is 10.2 Å². The molecule has 0 amide bonds. The lowest BCUT2D eigenvalue weighted by Crippen LogP contribution is -2.15. The molecule has 1 aliphatic rings. The Hall–Kier alpha value is -1.56. The molecule has 7 heteroatoms. The van der Waals surface area contributed by atoms with Crippen molar-refractivity contribution >= 4 is 35.0 Å². The molecule has 0 N–H and O–H groups in total. The Bertz CT molecular complexity index is 950. The Morgan fingerprint density at radius 2 is 1.68 bits per heavy atom. The van der Waals surface area contributed by atoms with Crippen LogP contribution >= 0.6 is 35.0 Å². The van der Waals surface area contributed by atoms with Gasteiger partial charge < -0.3 is 0 Å². The van der Waals surface area contributed by atoms with E-state index >= 15 is 0 Å². The monoisotopic (exact) mass is 435 g/mol. The minimum atomic E-state index is -0.280. The van der Waals surface area contributed by atoms with Gasteiger partial charge >= 0.3 is 0 Å². The molecule has 2 aromatic carbocycles. The zero-order chi connectivity index (χ0) is 19.5. The lowest BCUT2D eigenvalue weighted by atomic mass is 9.95. The summed E-state index contributed by atoms with van der Waals surface area (Å²) in [6.07, 6.45) is 5.69. The Morgan fingerprint density at radius 3 is 2.39 bits per heavy atom. The van der Waals surface area contributed by atoms with Gasteiger partial charge in [-0.2, -0.15) is 0 Å². The van der Waals surface area contributed by atoms with Crippen LogP contribution in [0.25, 0.3) is 11.4 Å². The Balaban J connectivity index is 1.70. The summed E-state index contributed by atoms with van der Waals surface area (Å²) in [7, 11) is 0. The van der Waals surface area contributed by atoms with Crippen molar-refractivity contribution in [1.29, 1.82) is 0 Å². The Labute approximate surface area is 178 Å². The van der Waals surface area contributed by atoms with E-state index in [1.54, 1.807) is 23.9 Å². The Morgan fingerprint density at radius 1 is 0.964 bits per heavy atom. The van der Waals surface area contributed by atoms with Gasteiger partial charge in [0.1, 0.15) is 5.82 Å². The third-order valence-electron chi connectivity index (χ3n) is 5.13. The van der Waals surface area contributed by atoms with Gasteiger partial charge in [-0.1, -0.05) is 72.4 Å². The van der Waals surface area contributed by atoms with E-state index in [-0.39, 0.29) is 11.9 Å². The van der Waals surface area contributed by atoms with E-state index in [9.17, 15) is 4.39 Å². The number of halogens is 3. The maximum absolute atomic E-state index is 14.5. The van der Waals surface area contributed by atoms with E-state index < -0.39 is 0 Å². The van der Waals surface area contributed by atoms with Gasteiger partial charge in [0, 0.05) is 21.8 Å². The molecule has 1 aliphatic carbocycles. The summed E-state index contributed by atoms with van der Waals surface area (Å²) < 4.78 is 16.6. The summed E-state index contributed by atoms with van der Waals surface area (Å²) in [6, 6.07) is 12.5. The lowest BCUT2D eigenvalue weighted by Gasteiger charge is -2.25. The van der Waals surface area contributed by atoms with E-state index in [0.29, 0.717) is 27.2 Å². The molecule has 0 radical (unpaired) electrons. The van der Waals surface area contributed by atoms with Gasteiger partial charge in [0.25, 0.3) is 0 Å². The first-order valence-electron chi connectivity index (χ1n) is 9.40. The van der Waals surface area contributed by atoms with Crippen molar-refractivity contribution in [3.05, 3.63) is 63.9 Å². The number of hydrogen-bond acceptors (Lipinski definition) is 3. The highest BCUT2D eigenvalue weighted by molar-refractivity contribution is 7.98. The number of nitrogens with zero attached hydrogens (tertiary/aromatic N) is 3. The summed E-state index contributed by atoms with van der Waals surface area (Å²) >= 11 is 14.2. The van der Waals surface area contributed by atoms with Gasteiger partial charge in [0.2, 0.25) is 0 Å². The maximum atomic E-state index is 14.5. The molecule has 3 aromatic rings. The van der Waals surface area contributed by atoms with E-state index in [1.165, 1.54) is 25.3 Å². The van der Waals surface area contributed by atoms with Gasteiger partial charge in [0.15, 0.2) is 11.0 Å². The second-order valence-corrected chi connectivity index (χ2v) is 8.69. The van der Waals surface area contributed by atoms with Crippen molar-refractivity contribution in [2.24, 2.45) is 0 Å². The highest BCUT2D eigenvalue weighted by Crippen LogP contribution is 2.38. The van der Waals surface area contributed by atoms with Crippen molar-refractivity contribution in [1.82, 2.24) is 14.8 Å². The fourth-order valence-corrected chi connectivity index (χ4v) is 5.42. The highest BCUT2D eigenvalue weighted by Gasteiger charge is 2.25. The predicted octanol–water partition coefficient (Wildman–Crippen LogP) is 7.19. The van der Waals surface area contributed by atoms with Crippen LogP contribution in [0.2, 0.25) is 10.0 Å². The molecule has 1 heterocycles. The zero-order valence-electron chi connectivity index (χ0n) is 15.2. The second kappa shape index (κ2) is 8.85. The molecule has 0 spiro atoms. The first kappa shape index (κ1) is 19.7. The molecule has 28 heavy (non-hydrogen) atoms. The van der Waals surface area contributed by atoms with Crippen LogP contribution in [0.15, 0.2) is 47.6 Å². The lowest BCUT2D eigenvalue weighted by molar-refractivity contribution is 0.339. The van der Waals surface area contributed by atoms with Crippen molar-refractivity contribution < 1.29 is 4.39 Å². The standard InChI is InChI=1S/C21H20Cl2FN3S/c22-17-10-6-11-18(23)16(17)13-28-21-26-25-20(15-9-4-5-12-19(15)24)27(21)14-7-2-1-3-8-14/h4-6,9-12,14H,1-3,7-8,13H2. The first-order chi connectivity index (χ1) is 13.6. The second-order valence-electron chi connectivity index (χ2n) is 6.94. The molecule has 4 rings (SSSR count). The van der Waals surface area contributed by atoms with Crippen LogP contribution in [0.4, 0.5) is 4.39 Å². The van der Waals surface area contributed by atoms with Crippen molar-refractivity contribution in [3.63, 3.8) is 0 Å². The van der Waals surface area contributed by atoms with E-state index in [0.717, 1.165) is 23.6 Å². The quantitative estimate of drug-likeness (QED) is 0.397. The SMILES string of the molecule is Fc1ccccc1-c1nnc(SCc2c(Cl)cccc2Cl)n1C1CCCCC1. The van der Waals surface area contributed by atoms with E-state index in [2.05, 4.69) is 14.8 Å². The van der Waals surface area contributed by atoms with Gasteiger partial charge in [0.05, 0.1) is 5.56 Å². The summed E-state index contributed by atoms with van der Waals surface area (Å²) in [6.45, 7) is 0. The summed E-state index contributed by atoms with van der Waals surface area (Å²) in [5.74, 6) is 0.899.